The van der Waals surface area contributed by atoms with Crippen LogP contribution < -0.4 is 5.32 Å². The Morgan fingerprint density at radius 2 is 2.21 bits per heavy atom. The quantitative estimate of drug-likeness (QED) is 0.760. The molecule has 1 atom stereocenters. The van der Waals surface area contributed by atoms with Crippen molar-refractivity contribution < 1.29 is 9.53 Å². The number of carbonyl (C=O) groups excluding carboxylic acids is 1. The molecular formula is C9H15NO2S2. The summed E-state index contributed by atoms with van der Waals surface area (Å²) in [5, 5.41) is 2.91. The highest BCUT2D eigenvalue weighted by molar-refractivity contribution is 8.78. The van der Waals surface area contributed by atoms with Crippen LogP contribution in [0.3, 0.4) is 0 Å². The number of hydrogen-bond donors (Lipinski definition) is 1. The highest BCUT2D eigenvalue weighted by Gasteiger charge is 2.26. The van der Waals surface area contributed by atoms with Gasteiger partial charge in [0.2, 0.25) is 0 Å². The van der Waals surface area contributed by atoms with Crippen molar-refractivity contribution in [1.82, 2.24) is 5.32 Å². The van der Waals surface area contributed by atoms with Crippen LogP contribution in [0.5, 0.6) is 0 Å². The molecule has 80 valence electrons. The predicted molar refractivity (Wildman–Crippen MR) is 62.1 cm³/mol. The van der Waals surface area contributed by atoms with E-state index in [4.69, 9.17) is 0 Å². The molecule has 0 bridgehead atoms. The van der Waals surface area contributed by atoms with E-state index in [-0.39, 0.29) is 11.5 Å². The molecule has 0 aromatic heterocycles. The first-order chi connectivity index (χ1) is 6.72. The van der Waals surface area contributed by atoms with Gasteiger partial charge in [-0.3, -0.25) is 0 Å². The maximum absolute atomic E-state index is 11.0. The monoisotopic (exact) mass is 233 g/mol. The van der Waals surface area contributed by atoms with Gasteiger partial charge < -0.3 is 10.1 Å². The molecular weight excluding hydrogens is 218 g/mol. The maximum atomic E-state index is 11.0. The minimum Gasteiger partial charge on any atom is -0.453 e. The van der Waals surface area contributed by atoms with Crippen LogP contribution >= 0.6 is 21.6 Å². The number of hydrogen-bond acceptors (Lipinski definition) is 4. The summed E-state index contributed by atoms with van der Waals surface area (Å²) in [7, 11) is 4.83. The van der Waals surface area contributed by atoms with E-state index in [9.17, 15) is 4.79 Å². The molecule has 0 saturated carbocycles. The fourth-order valence-corrected chi connectivity index (χ4v) is 4.46. The lowest BCUT2D eigenvalue weighted by atomic mass is 10.1. The van der Waals surface area contributed by atoms with E-state index in [2.05, 4.69) is 23.9 Å². The number of allylic oxidation sites excluding steroid dienone is 1. The predicted octanol–water partition coefficient (Wildman–Crippen LogP) is 3.14. The molecule has 0 aliphatic carbocycles. The van der Waals surface area contributed by atoms with Crippen molar-refractivity contribution in [1.29, 1.82) is 0 Å². The van der Waals surface area contributed by atoms with E-state index in [0.29, 0.717) is 0 Å². The number of carbonyl (C=O) groups is 1. The Labute approximate surface area is 92.4 Å². The standard InChI is InChI=1S/C9H15NO2S2/c1-4-6-7(5-2)13-14-8(6)10-9(11)12-3/h8H,4-5H2,1-3H3,(H,10,11). The minimum absolute atomic E-state index is 0.0902. The van der Waals surface area contributed by atoms with Crippen LogP contribution in [0.25, 0.3) is 0 Å². The zero-order chi connectivity index (χ0) is 10.6. The van der Waals surface area contributed by atoms with Crippen molar-refractivity contribution in [3.05, 3.63) is 10.5 Å². The van der Waals surface area contributed by atoms with Gasteiger partial charge >= 0.3 is 6.09 Å². The van der Waals surface area contributed by atoms with Crippen LogP contribution in [-0.4, -0.2) is 18.6 Å². The molecule has 5 heteroatoms. The molecule has 1 aliphatic heterocycles. The van der Waals surface area contributed by atoms with Gasteiger partial charge in [-0.2, -0.15) is 0 Å². The summed E-state index contributed by atoms with van der Waals surface area (Å²) in [6, 6.07) is 0. The van der Waals surface area contributed by atoms with Gasteiger partial charge in [0.1, 0.15) is 5.37 Å². The Morgan fingerprint density at radius 3 is 2.71 bits per heavy atom. The molecule has 0 spiro atoms. The van der Waals surface area contributed by atoms with Gasteiger partial charge in [-0.25, -0.2) is 4.79 Å². The zero-order valence-corrected chi connectivity index (χ0v) is 10.3. The number of methoxy groups -OCH3 is 1. The van der Waals surface area contributed by atoms with Crippen LogP contribution in [0, 0.1) is 0 Å². The number of amides is 1. The molecule has 1 aliphatic rings. The molecule has 0 aromatic carbocycles. The molecule has 0 aromatic rings. The average molecular weight is 233 g/mol. The number of rotatable bonds is 3. The topological polar surface area (TPSA) is 38.3 Å². The highest BCUT2D eigenvalue weighted by Crippen LogP contribution is 2.47. The maximum Gasteiger partial charge on any atom is 0.408 e. The van der Waals surface area contributed by atoms with Gasteiger partial charge in [-0.05, 0) is 23.3 Å². The summed E-state index contributed by atoms with van der Waals surface area (Å²) < 4.78 is 4.58. The van der Waals surface area contributed by atoms with E-state index >= 15 is 0 Å². The highest BCUT2D eigenvalue weighted by atomic mass is 33.1. The third kappa shape index (κ3) is 2.60. The van der Waals surface area contributed by atoms with Crippen LogP contribution in [0.15, 0.2) is 10.5 Å². The van der Waals surface area contributed by atoms with Gasteiger partial charge in [-0.1, -0.05) is 35.4 Å². The second kappa shape index (κ2) is 5.56. The second-order valence-corrected chi connectivity index (χ2v) is 5.25. The molecule has 1 unspecified atom stereocenters. The lowest BCUT2D eigenvalue weighted by Crippen LogP contribution is -2.32. The van der Waals surface area contributed by atoms with Crippen molar-refractivity contribution in [2.45, 2.75) is 32.1 Å². The van der Waals surface area contributed by atoms with Crippen LogP contribution in [0.1, 0.15) is 26.7 Å². The number of nitrogens with one attached hydrogen (secondary N) is 1. The zero-order valence-electron chi connectivity index (χ0n) is 8.62. The normalized spacial score (nSPS) is 21.2. The summed E-state index contributed by atoms with van der Waals surface area (Å²) in [6.45, 7) is 4.25. The van der Waals surface area contributed by atoms with E-state index in [1.54, 1.807) is 21.6 Å². The van der Waals surface area contributed by atoms with E-state index in [1.165, 1.54) is 17.6 Å². The van der Waals surface area contributed by atoms with Gasteiger partial charge in [-0.15, -0.1) is 0 Å². The first-order valence-electron chi connectivity index (χ1n) is 4.62. The number of ether oxygens (including phenoxy) is 1. The summed E-state index contributed by atoms with van der Waals surface area (Å²) in [5.74, 6) is 0. The summed E-state index contributed by atoms with van der Waals surface area (Å²) in [6.07, 6.45) is 1.67. The largest absolute Gasteiger partial charge is 0.453 e. The molecule has 1 amide bonds. The fourth-order valence-electron chi connectivity index (χ4n) is 1.31. The SMILES string of the molecule is CCC1=C(CC)C(NC(=O)OC)SS1. The van der Waals surface area contributed by atoms with Gasteiger partial charge in [0.05, 0.1) is 7.11 Å². The molecule has 1 N–H and O–H groups in total. The van der Waals surface area contributed by atoms with Crippen LogP contribution in [-0.2, 0) is 4.74 Å². The molecule has 1 heterocycles. The summed E-state index contributed by atoms with van der Waals surface area (Å²) >= 11 is 0. The Hall–Kier alpha value is -0.290. The second-order valence-electron chi connectivity index (χ2n) is 2.85. The van der Waals surface area contributed by atoms with E-state index in [1.807, 2.05) is 0 Å². The summed E-state index contributed by atoms with van der Waals surface area (Å²) in [5.41, 5.74) is 1.33. The third-order valence-corrected chi connectivity index (χ3v) is 4.97. The minimum atomic E-state index is -0.355. The lowest BCUT2D eigenvalue weighted by Gasteiger charge is -2.13. The molecule has 0 fully saturated rings. The van der Waals surface area contributed by atoms with Crippen LogP contribution in [0.4, 0.5) is 4.79 Å². The first-order valence-corrected chi connectivity index (χ1v) is 6.83. The van der Waals surface area contributed by atoms with Gasteiger partial charge in [0.15, 0.2) is 0 Å². The number of alkyl carbamates (subject to hydrolysis) is 1. The van der Waals surface area contributed by atoms with E-state index in [0.717, 1.165) is 12.8 Å². The van der Waals surface area contributed by atoms with Gasteiger partial charge in [0, 0.05) is 0 Å². The molecule has 14 heavy (non-hydrogen) atoms. The Morgan fingerprint density at radius 1 is 1.50 bits per heavy atom. The molecule has 0 radical (unpaired) electrons. The summed E-state index contributed by atoms with van der Waals surface area (Å²) in [4.78, 5) is 12.4. The van der Waals surface area contributed by atoms with Crippen molar-refractivity contribution in [3.63, 3.8) is 0 Å². The van der Waals surface area contributed by atoms with Crippen molar-refractivity contribution in [2.75, 3.05) is 7.11 Å². The lowest BCUT2D eigenvalue weighted by molar-refractivity contribution is 0.171. The van der Waals surface area contributed by atoms with Gasteiger partial charge in [0.25, 0.3) is 0 Å². The Balaban J connectivity index is 2.64. The van der Waals surface area contributed by atoms with Crippen LogP contribution in [0.2, 0.25) is 0 Å². The third-order valence-electron chi connectivity index (χ3n) is 2.06. The van der Waals surface area contributed by atoms with Crippen molar-refractivity contribution >= 4 is 27.7 Å². The average Bonchev–Trinajstić information content (AvgIpc) is 2.59. The first kappa shape index (κ1) is 11.8. The Kier molecular flexibility index (Phi) is 4.68. The molecule has 0 saturated heterocycles. The fraction of sp³-hybridized carbons (Fsp3) is 0.667. The van der Waals surface area contributed by atoms with Crippen molar-refractivity contribution in [2.24, 2.45) is 0 Å². The molecule has 3 nitrogen and oxygen atoms in total. The smallest absolute Gasteiger partial charge is 0.408 e. The Bertz CT molecular complexity index is 253. The van der Waals surface area contributed by atoms with Crippen molar-refractivity contribution in [3.8, 4) is 0 Å². The molecule has 1 rings (SSSR count). The van der Waals surface area contributed by atoms with E-state index < -0.39 is 0 Å².